The van der Waals surface area contributed by atoms with Gasteiger partial charge in [0.05, 0.1) is 5.69 Å². The molecule has 0 spiro atoms. The zero-order valence-corrected chi connectivity index (χ0v) is 14.8. The lowest BCUT2D eigenvalue weighted by molar-refractivity contribution is 0.418. The molecule has 2 heterocycles. The summed E-state index contributed by atoms with van der Waals surface area (Å²) in [4.78, 5) is 6.00. The van der Waals surface area contributed by atoms with Gasteiger partial charge in [-0.3, -0.25) is 4.40 Å². The molecule has 3 rings (SSSR count). The molecule has 0 bridgehead atoms. The third-order valence-corrected chi connectivity index (χ3v) is 6.05. The van der Waals surface area contributed by atoms with E-state index in [9.17, 15) is 0 Å². The molecule has 1 N–H and O–H groups in total. The Morgan fingerprint density at radius 1 is 1.33 bits per heavy atom. The highest BCUT2D eigenvalue weighted by molar-refractivity contribution is 7.99. The van der Waals surface area contributed by atoms with E-state index in [4.69, 9.17) is 4.98 Å². The van der Waals surface area contributed by atoms with Crippen molar-refractivity contribution >= 4 is 28.1 Å². The molecule has 1 fully saturated rings. The van der Waals surface area contributed by atoms with Gasteiger partial charge in [-0.15, -0.1) is 23.1 Å². The number of hydrogen-bond donors (Lipinski definition) is 1. The fourth-order valence-corrected chi connectivity index (χ4v) is 4.88. The molecule has 0 atom stereocenters. The summed E-state index contributed by atoms with van der Waals surface area (Å²) in [6.07, 6.45) is 9.03. The molecule has 3 nitrogen and oxygen atoms in total. The summed E-state index contributed by atoms with van der Waals surface area (Å²) in [5, 5.41) is 7.74. The fourth-order valence-electron chi connectivity index (χ4n) is 2.76. The van der Waals surface area contributed by atoms with Gasteiger partial charge in [0.1, 0.15) is 5.03 Å². The molecule has 1 saturated carbocycles. The number of nitrogens with one attached hydrogen (secondary N) is 1. The van der Waals surface area contributed by atoms with Crippen LogP contribution in [0.3, 0.4) is 0 Å². The average molecular weight is 324 g/mol. The second-order valence-corrected chi connectivity index (χ2v) is 9.06. The van der Waals surface area contributed by atoms with Crippen LogP contribution >= 0.6 is 23.1 Å². The first kappa shape index (κ1) is 15.4. The number of fused-ring (bicyclic) bond motifs is 1. The van der Waals surface area contributed by atoms with Crippen LogP contribution in [0.25, 0.3) is 4.96 Å². The Labute approximate surface area is 135 Å². The summed E-state index contributed by atoms with van der Waals surface area (Å²) in [6.45, 7) is 7.53. The van der Waals surface area contributed by atoms with Crippen molar-refractivity contribution in [3.63, 3.8) is 0 Å². The molecular weight excluding hydrogens is 298 g/mol. The molecule has 2 aromatic rings. The molecule has 1 aliphatic rings. The molecule has 5 heteroatoms. The number of aromatic nitrogens is 2. The van der Waals surface area contributed by atoms with Gasteiger partial charge in [-0.2, -0.15) is 0 Å². The van der Waals surface area contributed by atoms with Crippen molar-refractivity contribution in [2.24, 2.45) is 0 Å². The molecule has 0 saturated heterocycles. The van der Waals surface area contributed by atoms with E-state index in [2.05, 4.69) is 42.1 Å². The van der Waals surface area contributed by atoms with Crippen LogP contribution in [0.15, 0.2) is 16.6 Å². The quantitative estimate of drug-likeness (QED) is 0.883. The molecular formula is C16H25N3S2. The van der Waals surface area contributed by atoms with E-state index in [1.165, 1.54) is 42.8 Å². The maximum absolute atomic E-state index is 4.87. The van der Waals surface area contributed by atoms with Crippen molar-refractivity contribution in [3.8, 4) is 0 Å². The van der Waals surface area contributed by atoms with Crippen molar-refractivity contribution in [1.82, 2.24) is 14.7 Å². The van der Waals surface area contributed by atoms with Crippen LogP contribution in [-0.2, 0) is 6.54 Å². The number of thiazole rings is 1. The summed E-state index contributed by atoms with van der Waals surface area (Å²) in [7, 11) is 0. The Kier molecular flexibility index (Phi) is 4.62. The van der Waals surface area contributed by atoms with Crippen molar-refractivity contribution in [2.75, 3.05) is 0 Å². The van der Waals surface area contributed by atoms with E-state index in [-0.39, 0.29) is 5.54 Å². The second-order valence-electron chi connectivity index (χ2n) is 6.90. The third-order valence-electron chi connectivity index (χ3n) is 3.94. The summed E-state index contributed by atoms with van der Waals surface area (Å²) < 4.78 is 2.26. The van der Waals surface area contributed by atoms with E-state index in [1.807, 2.05) is 11.8 Å². The maximum atomic E-state index is 4.87. The standard InChI is InChI=1S/C16H25N3S2/c1-16(2,3)17-11-13-14(18-15-19(13)9-10-20-15)21-12-7-5-4-6-8-12/h9-10,12,17H,4-8,11H2,1-3H3. The first-order valence-corrected chi connectivity index (χ1v) is 9.65. The minimum Gasteiger partial charge on any atom is -0.306 e. The van der Waals surface area contributed by atoms with E-state index >= 15 is 0 Å². The highest BCUT2D eigenvalue weighted by Crippen LogP contribution is 2.35. The zero-order chi connectivity index (χ0) is 14.9. The molecule has 21 heavy (non-hydrogen) atoms. The molecule has 0 aliphatic heterocycles. The van der Waals surface area contributed by atoms with E-state index in [0.29, 0.717) is 0 Å². The Morgan fingerprint density at radius 3 is 2.81 bits per heavy atom. The van der Waals surface area contributed by atoms with Crippen LogP contribution in [0.1, 0.15) is 58.6 Å². The number of thioether (sulfide) groups is 1. The summed E-state index contributed by atoms with van der Waals surface area (Å²) in [5.74, 6) is 0. The third kappa shape index (κ3) is 3.82. The van der Waals surface area contributed by atoms with Gasteiger partial charge < -0.3 is 5.32 Å². The van der Waals surface area contributed by atoms with Crippen molar-refractivity contribution < 1.29 is 0 Å². The van der Waals surface area contributed by atoms with Gasteiger partial charge in [-0.25, -0.2) is 4.98 Å². The Balaban J connectivity index is 1.80. The van der Waals surface area contributed by atoms with Crippen LogP contribution in [0.4, 0.5) is 0 Å². The van der Waals surface area contributed by atoms with Gasteiger partial charge in [-0.1, -0.05) is 19.3 Å². The molecule has 2 aromatic heterocycles. The number of rotatable bonds is 4. The number of nitrogens with zero attached hydrogens (tertiary/aromatic N) is 2. The highest BCUT2D eigenvalue weighted by Gasteiger charge is 2.21. The first-order chi connectivity index (χ1) is 10.0. The van der Waals surface area contributed by atoms with Crippen molar-refractivity contribution in [3.05, 3.63) is 17.3 Å². The minimum atomic E-state index is 0.132. The van der Waals surface area contributed by atoms with Gasteiger partial charge in [0.2, 0.25) is 0 Å². The molecule has 116 valence electrons. The number of imidazole rings is 1. The summed E-state index contributed by atoms with van der Waals surface area (Å²) in [6, 6.07) is 0. The molecule has 0 amide bonds. The average Bonchev–Trinajstić information content (AvgIpc) is 2.98. The normalized spacial score (nSPS) is 17.7. The fraction of sp³-hybridized carbons (Fsp3) is 0.688. The van der Waals surface area contributed by atoms with Crippen molar-refractivity contribution in [1.29, 1.82) is 0 Å². The second kappa shape index (κ2) is 6.31. The first-order valence-electron chi connectivity index (χ1n) is 7.89. The van der Waals surface area contributed by atoms with Crippen LogP contribution in [0.5, 0.6) is 0 Å². The van der Waals surface area contributed by atoms with Crippen LogP contribution in [-0.4, -0.2) is 20.2 Å². The summed E-state index contributed by atoms with van der Waals surface area (Å²) in [5.41, 5.74) is 1.46. The number of hydrogen-bond acceptors (Lipinski definition) is 4. The lowest BCUT2D eigenvalue weighted by atomic mass is 10.0. The predicted molar refractivity (Wildman–Crippen MR) is 92.4 cm³/mol. The van der Waals surface area contributed by atoms with Gasteiger partial charge in [0, 0.05) is 28.9 Å². The molecule has 1 aliphatic carbocycles. The summed E-state index contributed by atoms with van der Waals surface area (Å²) >= 11 is 3.74. The highest BCUT2D eigenvalue weighted by atomic mass is 32.2. The van der Waals surface area contributed by atoms with Crippen LogP contribution in [0.2, 0.25) is 0 Å². The SMILES string of the molecule is CC(C)(C)NCc1c(SC2CCCCC2)nc2sccn12. The lowest BCUT2D eigenvalue weighted by Gasteiger charge is -2.22. The Bertz CT molecular complexity index is 588. The topological polar surface area (TPSA) is 29.3 Å². The zero-order valence-electron chi connectivity index (χ0n) is 13.2. The van der Waals surface area contributed by atoms with Gasteiger partial charge >= 0.3 is 0 Å². The van der Waals surface area contributed by atoms with Crippen LogP contribution < -0.4 is 5.32 Å². The van der Waals surface area contributed by atoms with E-state index in [0.717, 1.165) is 16.8 Å². The van der Waals surface area contributed by atoms with Gasteiger partial charge in [0.25, 0.3) is 0 Å². The Hall–Kier alpha value is -0.520. The smallest absolute Gasteiger partial charge is 0.194 e. The van der Waals surface area contributed by atoms with Crippen LogP contribution in [0, 0.1) is 0 Å². The lowest BCUT2D eigenvalue weighted by Crippen LogP contribution is -2.35. The van der Waals surface area contributed by atoms with Crippen molar-refractivity contribution in [2.45, 2.75) is 75.2 Å². The minimum absolute atomic E-state index is 0.132. The van der Waals surface area contributed by atoms with Gasteiger partial charge in [-0.05, 0) is 33.6 Å². The predicted octanol–water partition coefficient (Wildman–Crippen LogP) is 4.71. The van der Waals surface area contributed by atoms with E-state index in [1.54, 1.807) is 11.3 Å². The van der Waals surface area contributed by atoms with Gasteiger partial charge in [0.15, 0.2) is 4.96 Å². The largest absolute Gasteiger partial charge is 0.306 e. The Morgan fingerprint density at radius 2 is 2.10 bits per heavy atom. The van der Waals surface area contributed by atoms with E-state index < -0.39 is 0 Å². The monoisotopic (exact) mass is 323 g/mol. The maximum Gasteiger partial charge on any atom is 0.194 e. The molecule has 0 unspecified atom stereocenters. The molecule has 0 aromatic carbocycles. The molecule has 0 radical (unpaired) electrons.